The topological polar surface area (TPSA) is 112 Å². The molecule has 2 rings (SSSR count). The highest BCUT2D eigenvalue weighted by molar-refractivity contribution is 5.87. The quantitative estimate of drug-likeness (QED) is 0.226. The summed E-state index contributed by atoms with van der Waals surface area (Å²) in [5, 5.41) is 8.99. The molecule has 0 unspecified atom stereocenters. The van der Waals surface area contributed by atoms with Gasteiger partial charge in [-0.15, -0.1) is 0 Å². The van der Waals surface area contributed by atoms with Gasteiger partial charge in [0.25, 0.3) is 0 Å². The molecule has 2 amide bonds. The normalized spacial score (nSPS) is 14.4. The first-order valence-electron chi connectivity index (χ1n) is 13.3. The standard InChI is InChI=1S/C29H45N3O5/c1-7-35-27(36-8-2)20(3)25(23-17-13-15-21-14-9-10-16-22(21)23)31-26(33)24(32-29(4,5)6)18-11-12-19-37-28(30)34/h9-10,13-17,20,24-25,27,32H,7-8,11-12,18-19H2,1-6H3,(H2,30,34)(H,31,33)/t20-,24-,25-/m0/s1. The lowest BCUT2D eigenvalue weighted by atomic mass is 9.89. The molecule has 2 aromatic carbocycles. The number of primary amides is 1. The number of ether oxygens (including phenoxy) is 3. The van der Waals surface area contributed by atoms with Crippen LogP contribution in [0.25, 0.3) is 10.8 Å². The van der Waals surface area contributed by atoms with Gasteiger partial charge in [-0.05, 0) is 70.2 Å². The summed E-state index contributed by atoms with van der Waals surface area (Å²) in [6.07, 6.45) is 0.649. The van der Waals surface area contributed by atoms with Crippen LogP contribution in [0.4, 0.5) is 4.79 Å². The number of rotatable bonds is 15. The number of nitrogens with two attached hydrogens (primary N) is 1. The molecule has 206 valence electrons. The van der Waals surface area contributed by atoms with Gasteiger partial charge < -0.3 is 30.6 Å². The van der Waals surface area contributed by atoms with Crippen molar-refractivity contribution in [1.82, 2.24) is 10.6 Å². The van der Waals surface area contributed by atoms with Gasteiger partial charge in [0.2, 0.25) is 5.91 Å². The second kappa shape index (κ2) is 14.9. The van der Waals surface area contributed by atoms with E-state index in [2.05, 4.69) is 41.8 Å². The van der Waals surface area contributed by atoms with Gasteiger partial charge in [0.05, 0.1) is 18.7 Å². The predicted octanol–water partition coefficient (Wildman–Crippen LogP) is 5.05. The first kappa shape index (κ1) is 30.5. The smallest absolute Gasteiger partial charge is 0.404 e. The van der Waals surface area contributed by atoms with Crippen LogP contribution >= 0.6 is 0 Å². The van der Waals surface area contributed by atoms with Crippen LogP contribution in [0, 0.1) is 5.92 Å². The molecule has 0 aliphatic carbocycles. The van der Waals surface area contributed by atoms with E-state index in [1.807, 2.05) is 52.8 Å². The minimum atomic E-state index is -0.785. The summed E-state index contributed by atoms with van der Waals surface area (Å²) < 4.78 is 16.7. The highest BCUT2D eigenvalue weighted by atomic mass is 16.7. The number of benzene rings is 2. The zero-order valence-corrected chi connectivity index (χ0v) is 23.2. The SMILES string of the molecule is CCOC(OCC)[C@@H](C)[C@H](NC(=O)[C@H](CCCCOC(N)=O)NC(C)(C)C)c1cccc2ccccc12. The van der Waals surface area contributed by atoms with Crippen molar-refractivity contribution in [3.63, 3.8) is 0 Å². The Kier molecular flexibility index (Phi) is 12.3. The molecule has 0 aliphatic rings. The Labute approximate surface area is 221 Å². The fourth-order valence-corrected chi connectivity index (χ4v) is 4.52. The molecule has 0 aromatic heterocycles. The zero-order valence-electron chi connectivity index (χ0n) is 23.2. The number of unbranched alkanes of at least 4 members (excludes halogenated alkanes) is 1. The van der Waals surface area contributed by atoms with Crippen LogP contribution in [0.2, 0.25) is 0 Å². The van der Waals surface area contributed by atoms with Gasteiger partial charge in [-0.3, -0.25) is 4.79 Å². The van der Waals surface area contributed by atoms with Gasteiger partial charge >= 0.3 is 6.09 Å². The summed E-state index contributed by atoms with van der Waals surface area (Å²) in [6.45, 7) is 13.3. The Balaban J connectivity index is 2.36. The average Bonchev–Trinajstić information content (AvgIpc) is 2.84. The minimum Gasteiger partial charge on any atom is -0.450 e. The van der Waals surface area contributed by atoms with E-state index < -0.39 is 18.4 Å². The molecule has 0 saturated carbocycles. The fourth-order valence-electron chi connectivity index (χ4n) is 4.52. The maximum atomic E-state index is 13.8. The summed E-state index contributed by atoms with van der Waals surface area (Å²) in [5.41, 5.74) is 5.80. The molecule has 0 spiro atoms. The van der Waals surface area contributed by atoms with E-state index in [-0.39, 0.29) is 30.0 Å². The van der Waals surface area contributed by atoms with Crippen LogP contribution < -0.4 is 16.4 Å². The molecule has 8 nitrogen and oxygen atoms in total. The van der Waals surface area contributed by atoms with Gasteiger partial charge in [-0.2, -0.15) is 0 Å². The lowest BCUT2D eigenvalue weighted by molar-refractivity contribution is -0.170. The molecule has 0 bridgehead atoms. The number of hydrogen-bond donors (Lipinski definition) is 3. The van der Waals surface area contributed by atoms with Crippen LogP contribution in [0.1, 0.15) is 72.4 Å². The summed E-state index contributed by atoms with van der Waals surface area (Å²) in [4.78, 5) is 24.7. The number of carbonyl (C=O) groups is 2. The molecule has 37 heavy (non-hydrogen) atoms. The van der Waals surface area contributed by atoms with Gasteiger partial charge in [0, 0.05) is 24.7 Å². The highest BCUT2D eigenvalue weighted by Gasteiger charge is 2.33. The summed E-state index contributed by atoms with van der Waals surface area (Å²) in [6, 6.07) is 13.5. The molecular formula is C29H45N3O5. The van der Waals surface area contributed by atoms with E-state index in [1.165, 1.54) is 0 Å². The average molecular weight is 516 g/mol. The number of fused-ring (bicyclic) bond motifs is 1. The van der Waals surface area contributed by atoms with Crippen molar-refractivity contribution in [2.45, 2.75) is 84.7 Å². The third kappa shape index (κ3) is 9.95. The molecule has 2 aromatic rings. The number of hydrogen-bond acceptors (Lipinski definition) is 6. The van der Waals surface area contributed by atoms with Crippen LogP contribution in [0.5, 0.6) is 0 Å². The number of amides is 2. The van der Waals surface area contributed by atoms with Crippen molar-refractivity contribution in [2.75, 3.05) is 19.8 Å². The summed E-state index contributed by atoms with van der Waals surface area (Å²) >= 11 is 0. The zero-order chi connectivity index (χ0) is 27.4. The first-order valence-corrected chi connectivity index (χ1v) is 13.3. The number of carbonyl (C=O) groups excluding carboxylic acids is 2. The van der Waals surface area contributed by atoms with Crippen molar-refractivity contribution in [3.8, 4) is 0 Å². The van der Waals surface area contributed by atoms with Crippen LogP contribution in [0.15, 0.2) is 42.5 Å². The molecule has 0 fully saturated rings. The number of nitrogens with one attached hydrogen (secondary N) is 2. The van der Waals surface area contributed by atoms with Gasteiger partial charge in [0.15, 0.2) is 6.29 Å². The minimum absolute atomic E-state index is 0.0951. The summed E-state index contributed by atoms with van der Waals surface area (Å²) in [5.74, 6) is -0.254. The second-order valence-corrected chi connectivity index (χ2v) is 10.3. The van der Waals surface area contributed by atoms with Crippen LogP contribution in [0.3, 0.4) is 0 Å². The third-order valence-corrected chi connectivity index (χ3v) is 6.13. The van der Waals surface area contributed by atoms with Crippen molar-refractivity contribution in [3.05, 3.63) is 48.0 Å². The maximum Gasteiger partial charge on any atom is 0.404 e. The fraction of sp³-hybridized carbons (Fsp3) is 0.586. The summed E-state index contributed by atoms with van der Waals surface area (Å²) in [7, 11) is 0. The Morgan fingerprint density at radius 3 is 2.24 bits per heavy atom. The van der Waals surface area contributed by atoms with Gasteiger partial charge in [-0.25, -0.2) is 4.79 Å². The Morgan fingerprint density at radius 2 is 1.62 bits per heavy atom. The third-order valence-electron chi connectivity index (χ3n) is 6.13. The Morgan fingerprint density at radius 1 is 0.973 bits per heavy atom. The van der Waals surface area contributed by atoms with Gasteiger partial charge in [-0.1, -0.05) is 49.4 Å². The maximum absolute atomic E-state index is 13.8. The lowest BCUT2D eigenvalue weighted by Crippen LogP contribution is -2.53. The molecule has 0 heterocycles. The first-order chi connectivity index (χ1) is 17.6. The monoisotopic (exact) mass is 515 g/mol. The Bertz CT molecular complexity index is 980. The van der Waals surface area contributed by atoms with E-state index in [9.17, 15) is 9.59 Å². The molecule has 8 heteroatoms. The van der Waals surface area contributed by atoms with Crippen LogP contribution in [-0.4, -0.2) is 49.7 Å². The van der Waals surface area contributed by atoms with Crippen LogP contribution in [-0.2, 0) is 19.0 Å². The lowest BCUT2D eigenvalue weighted by Gasteiger charge is -2.34. The molecule has 4 N–H and O–H groups in total. The van der Waals surface area contributed by atoms with Crippen molar-refractivity contribution in [2.24, 2.45) is 11.7 Å². The van der Waals surface area contributed by atoms with Gasteiger partial charge in [0.1, 0.15) is 0 Å². The second-order valence-electron chi connectivity index (χ2n) is 10.3. The van der Waals surface area contributed by atoms with E-state index in [0.717, 1.165) is 16.3 Å². The van der Waals surface area contributed by atoms with E-state index in [4.69, 9.17) is 19.9 Å². The molecule has 0 radical (unpaired) electrons. The van der Waals surface area contributed by atoms with Crippen molar-refractivity contribution >= 4 is 22.8 Å². The highest BCUT2D eigenvalue weighted by Crippen LogP contribution is 2.32. The molecule has 0 aliphatic heterocycles. The van der Waals surface area contributed by atoms with E-state index in [1.54, 1.807) is 0 Å². The largest absolute Gasteiger partial charge is 0.450 e. The predicted molar refractivity (Wildman–Crippen MR) is 147 cm³/mol. The van der Waals surface area contributed by atoms with E-state index >= 15 is 0 Å². The van der Waals surface area contributed by atoms with E-state index in [0.29, 0.717) is 32.5 Å². The molecule has 0 saturated heterocycles. The van der Waals surface area contributed by atoms with Crippen molar-refractivity contribution < 1.29 is 23.8 Å². The van der Waals surface area contributed by atoms with Crippen molar-refractivity contribution in [1.29, 1.82) is 0 Å². The molecular weight excluding hydrogens is 470 g/mol. The molecule has 3 atom stereocenters. The Hall–Kier alpha value is -2.68.